The molecule has 1 aliphatic heterocycles. The molecule has 0 spiro atoms. The summed E-state index contributed by atoms with van der Waals surface area (Å²) in [6.07, 6.45) is 6.57. The summed E-state index contributed by atoms with van der Waals surface area (Å²) >= 11 is 0. The highest BCUT2D eigenvalue weighted by molar-refractivity contribution is 5.79. The van der Waals surface area contributed by atoms with Gasteiger partial charge in [0, 0.05) is 23.8 Å². The molecule has 3 N–H and O–H groups in total. The SMILES string of the molecule is CC1(C)CC(OCCCCCC(O)/C=C/C(=O)O)CC(C)(C)N1O. The van der Waals surface area contributed by atoms with Crippen LogP contribution in [0.25, 0.3) is 0 Å². The lowest BCUT2D eigenvalue weighted by Crippen LogP contribution is -2.60. The number of piperidine rings is 1. The summed E-state index contributed by atoms with van der Waals surface area (Å²) in [6, 6.07) is 0. The molecule has 1 saturated heterocycles. The molecule has 140 valence electrons. The zero-order chi connectivity index (χ0) is 18.4. The van der Waals surface area contributed by atoms with E-state index in [9.17, 15) is 15.1 Å². The van der Waals surface area contributed by atoms with Crippen LogP contribution < -0.4 is 0 Å². The van der Waals surface area contributed by atoms with Gasteiger partial charge < -0.3 is 20.2 Å². The molecule has 6 nitrogen and oxygen atoms in total. The van der Waals surface area contributed by atoms with Crippen molar-refractivity contribution < 1.29 is 25.0 Å². The lowest BCUT2D eigenvalue weighted by atomic mass is 9.80. The minimum atomic E-state index is -1.04. The van der Waals surface area contributed by atoms with E-state index in [2.05, 4.69) is 0 Å². The van der Waals surface area contributed by atoms with E-state index in [1.165, 1.54) is 11.1 Å². The van der Waals surface area contributed by atoms with Gasteiger partial charge in [-0.1, -0.05) is 12.8 Å². The Morgan fingerprint density at radius 2 is 1.79 bits per heavy atom. The molecular formula is C18H33NO5. The average molecular weight is 343 g/mol. The molecule has 1 aliphatic rings. The lowest BCUT2D eigenvalue weighted by Gasteiger charge is -2.51. The van der Waals surface area contributed by atoms with Crippen molar-refractivity contribution >= 4 is 5.97 Å². The van der Waals surface area contributed by atoms with E-state index >= 15 is 0 Å². The molecule has 24 heavy (non-hydrogen) atoms. The smallest absolute Gasteiger partial charge is 0.328 e. The first-order chi connectivity index (χ1) is 11.0. The third-order valence-electron chi connectivity index (χ3n) is 4.56. The summed E-state index contributed by atoms with van der Waals surface area (Å²) in [5.41, 5.74) is -0.597. The van der Waals surface area contributed by atoms with Crippen LogP contribution in [0.1, 0.15) is 66.2 Å². The predicted molar refractivity (Wildman–Crippen MR) is 92.0 cm³/mol. The second-order valence-electron chi connectivity index (χ2n) is 7.95. The van der Waals surface area contributed by atoms with Crippen molar-refractivity contribution in [1.29, 1.82) is 0 Å². The largest absolute Gasteiger partial charge is 0.478 e. The first-order valence-corrected chi connectivity index (χ1v) is 8.74. The second kappa shape index (κ2) is 8.94. The van der Waals surface area contributed by atoms with E-state index in [4.69, 9.17) is 9.84 Å². The van der Waals surface area contributed by atoms with E-state index in [0.29, 0.717) is 13.0 Å². The van der Waals surface area contributed by atoms with Crippen LogP contribution in [0.4, 0.5) is 0 Å². The van der Waals surface area contributed by atoms with E-state index in [0.717, 1.165) is 38.2 Å². The molecule has 1 rings (SSSR count). The molecule has 0 bridgehead atoms. The summed E-state index contributed by atoms with van der Waals surface area (Å²) in [7, 11) is 0. The fourth-order valence-corrected chi connectivity index (χ4v) is 3.47. The first-order valence-electron chi connectivity index (χ1n) is 8.74. The Labute approximate surface area is 145 Å². The van der Waals surface area contributed by atoms with Gasteiger partial charge in [-0.3, -0.25) is 0 Å². The normalized spacial score (nSPS) is 22.8. The average Bonchev–Trinajstić information content (AvgIpc) is 2.45. The van der Waals surface area contributed by atoms with Crippen LogP contribution in [0, 0.1) is 0 Å². The molecular weight excluding hydrogens is 310 g/mol. The van der Waals surface area contributed by atoms with Gasteiger partial charge in [-0.15, -0.1) is 0 Å². The summed E-state index contributed by atoms with van der Waals surface area (Å²) in [5.74, 6) is -1.04. The maximum Gasteiger partial charge on any atom is 0.328 e. The van der Waals surface area contributed by atoms with E-state index in [1.54, 1.807) is 0 Å². The van der Waals surface area contributed by atoms with Gasteiger partial charge >= 0.3 is 5.97 Å². The highest BCUT2D eigenvalue weighted by atomic mass is 16.5. The molecule has 0 aromatic carbocycles. The van der Waals surface area contributed by atoms with Crippen LogP contribution in [0.5, 0.6) is 0 Å². The number of hydrogen-bond acceptors (Lipinski definition) is 5. The molecule has 6 heteroatoms. The van der Waals surface area contributed by atoms with E-state index in [-0.39, 0.29) is 17.2 Å². The van der Waals surface area contributed by atoms with Crippen LogP contribution in [-0.4, -0.2) is 56.3 Å². The number of aliphatic hydroxyl groups excluding tert-OH is 1. The van der Waals surface area contributed by atoms with Gasteiger partial charge in [-0.2, -0.15) is 5.06 Å². The molecule has 1 atom stereocenters. The summed E-state index contributed by atoms with van der Waals surface area (Å²) < 4.78 is 6.00. The van der Waals surface area contributed by atoms with Crippen LogP contribution in [0.2, 0.25) is 0 Å². The molecule has 0 radical (unpaired) electrons. The van der Waals surface area contributed by atoms with Crippen molar-refractivity contribution in [2.75, 3.05) is 6.61 Å². The number of ether oxygens (including phenoxy) is 1. The van der Waals surface area contributed by atoms with Crippen molar-refractivity contribution in [3.63, 3.8) is 0 Å². The Kier molecular flexibility index (Phi) is 7.86. The summed E-state index contributed by atoms with van der Waals surface area (Å²) in [4.78, 5) is 10.3. The number of carbonyl (C=O) groups is 1. The Hall–Kier alpha value is -0.950. The lowest BCUT2D eigenvalue weighted by molar-refractivity contribution is -0.261. The fourth-order valence-electron chi connectivity index (χ4n) is 3.47. The molecule has 1 unspecified atom stereocenters. The molecule has 0 aliphatic carbocycles. The quantitative estimate of drug-likeness (QED) is 0.440. The molecule has 0 amide bonds. The van der Waals surface area contributed by atoms with Crippen LogP contribution >= 0.6 is 0 Å². The van der Waals surface area contributed by atoms with Gasteiger partial charge in [-0.05, 0) is 59.5 Å². The second-order valence-corrected chi connectivity index (χ2v) is 7.95. The van der Waals surface area contributed by atoms with Gasteiger partial charge in [0.05, 0.1) is 12.2 Å². The summed E-state index contributed by atoms with van der Waals surface area (Å²) in [5, 5.41) is 29.8. The number of nitrogens with zero attached hydrogens (tertiary/aromatic N) is 1. The van der Waals surface area contributed by atoms with E-state index in [1.807, 2.05) is 27.7 Å². The fraction of sp³-hybridized carbons (Fsp3) is 0.833. The number of aliphatic carboxylic acids is 1. The summed E-state index contributed by atoms with van der Waals surface area (Å²) in [6.45, 7) is 8.77. The number of rotatable bonds is 9. The topological polar surface area (TPSA) is 90.2 Å². The Morgan fingerprint density at radius 3 is 2.33 bits per heavy atom. The third-order valence-corrected chi connectivity index (χ3v) is 4.56. The zero-order valence-corrected chi connectivity index (χ0v) is 15.4. The Morgan fingerprint density at radius 1 is 1.21 bits per heavy atom. The number of aliphatic hydroxyl groups is 1. The number of hydrogen-bond donors (Lipinski definition) is 3. The standard InChI is InChI=1S/C18H33NO5/c1-17(2)12-15(13-18(3,4)19(17)23)24-11-7-5-6-8-14(20)9-10-16(21)22/h9-10,14-15,20,23H,5-8,11-13H2,1-4H3,(H,21,22)/b10-9+. The highest BCUT2D eigenvalue weighted by Crippen LogP contribution is 2.37. The molecule has 0 aromatic rings. The van der Waals surface area contributed by atoms with Crippen LogP contribution in [0.15, 0.2) is 12.2 Å². The Balaban J connectivity index is 2.21. The molecule has 1 fully saturated rings. The van der Waals surface area contributed by atoms with Gasteiger partial charge in [0.2, 0.25) is 0 Å². The van der Waals surface area contributed by atoms with Crippen molar-refractivity contribution in [3.8, 4) is 0 Å². The van der Waals surface area contributed by atoms with Gasteiger partial charge in [0.25, 0.3) is 0 Å². The first kappa shape index (κ1) is 21.1. The minimum absolute atomic E-state index is 0.141. The van der Waals surface area contributed by atoms with Gasteiger partial charge in [0.15, 0.2) is 0 Å². The number of unbranched alkanes of at least 4 members (excludes halogenated alkanes) is 2. The number of carboxylic acids is 1. The van der Waals surface area contributed by atoms with Gasteiger partial charge in [0.1, 0.15) is 0 Å². The van der Waals surface area contributed by atoms with Gasteiger partial charge in [-0.25, -0.2) is 4.79 Å². The van der Waals surface area contributed by atoms with Crippen molar-refractivity contribution in [2.45, 2.75) is 89.5 Å². The molecule has 0 aromatic heterocycles. The molecule has 0 saturated carbocycles. The van der Waals surface area contributed by atoms with E-state index < -0.39 is 12.1 Å². The van der Waals surface area contributed by atoms with Crippen molar-refractivity contribution in [2.24, 2.45) is 0 Å². The maximum atomic E-state index is 10.3. The van der Waals surface area contributed by atoms with Crippen LogP contribution in [-0.2, 0) is 9.53 Å². The Bertz CT molecular complexity index is 415. The zero-order valence-electron chi connectivity index (χ0n) is 15.4. The molecule has 1 heterocycles. The monoisotopic (exact) mass is 343 g/mol. The number of carboxylic acid groups (broad SMARTS) is 1. The minimum Gasteiger partial charge on any atom is -0.478 e. The van der Waals surface area contributed by atoms with Crippen LogP contribution in [0.3, 0.4) is 0 Å². The number of hydroxylamine groups is 2. The maximum absolute atomic E-state index is 10.3. The third kappa shape index (κ3) is 6.89. The highest BCUT2D eigenvalue weighted by Gasteiger charge is 2.45. The predicted octanol–water partition coefficient (Wildman–Crippen LogP) is 2.98. The van der Waals surface area contributed by atoms with Crippen molar-refractivity contribution in [3.05, 3.63) is 12.2 Å². The van der Waals surface area contributed by atoms with Crippen molar-refractivity contribution in [1.82, 2.24) is 5.06 Å².